The SMILES string of the molecule is Cc1ccc2cc(COC(=O)Cn3ccccc3=O)c(Cl)nc2c1C. The molecule has 3 rings (SSSR count). The molecule has 1 aromatic carbocycles. The average molecular weight is 357 g/mol. The molecule has 0 aliphatic heterocycles. The molecule has 2 aromatic heterocycles. The van der Waals surface area contributed by atoms with Gasteiger partial charge in [-0.1, -0.05) is 29.8 Å². The van der Waals surface area contributed by atoms with Gasteiger partial charge in [0.2, 0.25) is 0 Å². The topological polar surface area (TPSA) is 61.2 Å². The van der Waals surface area contributed by atoms with Crippen molar-refractivity contribution in [2.45, 2.75) is 27.0 Å². The Balaban J connectivity index is 1.76. The number of halogens is 1. The van der Waals surface area contributed by atoms with Crippen LogP contribution in [0.5, 0.6) is 0 Å². The Morgan fingerprint density at radius 3 is 2.80 bits per heavy atom. The zero-order chi connectivity index (χ0) is 18.0. The number of aromatic nitrogens is 2. The van der Waals surface area contributed by atoms with Gasteiger partial charge in [0.15, 0.2) is 0 Å². The van der Waals surface area contributed by atoms with E-state index in [0.717, 1.165) is 22.0 Å². The number of fused-ring (bicyclic) bond motifs is 1. The third-order valence-electron chi connectivity index (χ3n) is 4.12. The Labute approximate surface area is 149 Å². The predicted octanol–water partition coefficient (Wildman–Crippen LogP) is 3.41. The van der Waals surface area contributed by atoms with Gasteiger partial charge in [-0.05, 0) is 37.1 Å². The smallest absolute Gasteiger partial charge is 0.326 e. The van der Waals surface area contributed by atoms with E-state index in [9.17, 15) is 9.59 Å². The monoisotopic (exact) mass is 356 g/mol. The molecule has 0 amide bonds. The number of carbonyl (C=O) groups excluding carboxylic acids is 1. The first kappa shape index (κ1) is 17.2. The number of benzene rings is 1. The minimum atomic E-state index is -0.510. The lowest BCUT2D eigenvalue weighted by molar-refractivity contribution is -0.145. The summed E-state index contributed by atoms with van der Waals surface area (Å²) in [6.07, 6.45) is 1.54. The third kappa shape index (κ3) is 3.72. The van der Waals surface area contributed by atoms with Gasteiger partial charge in [0.25, 0.3) is 5.56 Å². The number of carbonyl (C=O) groups is 1. The van der Waals surface area contributed by atoms with E-state index in [1.807, 2.05) is 32.0 Å². The highest BCUT2D eigenvalue weighted by molar-refractivity contribution is 6.30. The van der Waals surface area contributed by atoms with Gasteiger partial charge in [0.05, 0.1) is 5.52 Å². The lowest BCUT2D eigenvalue weighted by Gasteiger charge is -2.10. The number of ether oxygens (including phenoxy) is 1. The number of pyridine rings is 2. The highest BCUT2D eigenvalue weighted by atomic mass is 35.5. The van der Waals surface area contributed by atoms with E-state index in [0.29, 0.717) is 10.7 Å². The maximum atomic E-state index is 12.0. The van der Waals surface area contributed by atoms with Crippen molar-refractivity contribution < 1.29 is 9.53 Å². The minimum absolute atomic E-state index is 0.00904. The predicted molar refractivity (Wildman–Crippen MR) is 96.7 cm³/mol. The highest BCUT2D eigenvalue weighted by Gasteiger charge is 2.11. The normalized spacial score (nSPS) is 10.8. The Morgan fingerprint density at radius 2 is 2.04 bits per heavy atom. The van der Waals surface area contributed by atoms with Gasteiger partial charge >= 0.3 is 5.97 Å². The first-order valence-corrected chi connectivity index (χ1v) is 8.20. The van der Waals surface area contributed by atoms with Crippen molar-refractivity contribution in [3.63, 3.8) is 0 Å². The van der Waals surface area contributed by atoms with Crippen LogP contribution < -0.4 is 5.56 Å². The van der Waals surface area contributed by atoms with Gasteiger partial charge in [0, 0.05) is 23.2 Å². The molecule has 25 heavy (non-hydrogen) atoms. The van der Waals surface area contributed by atoms with Gasteiger partial charge in [-0.15, -0.1) is 0 Å². The Bertz CT molecular complexity index is 1010. The molecular weight excluding hydrogens is 340 g/mol. The molecule has 0 radical (unpaired) electrons. The molecule has 0 aliphatic rings. The zero-order valence-electron chi connectivity index (χ0n) is 14.0. The summed E-state index contributed by atoms with van der Waals surface area (Å²) < 4.78 is 6.53. The fraction of sp³-hybridized carbons (Fsp3) is 0.211. The largest absolute Gasteiger partial charge is 0.459 e. The molecule has 3 aromatic rings. The second-order valence-electron chi connectivity index (χ2n) is 5.84. The van der Waals surface area contributed by atoms with Crippen molar-refractivity contribution in [3.8, 4) is 0 Å². The van der Waals surface area contributed by atoms with Gasteiger partial charge < -0.3 is 9.30 Å². The van der Waals surface area contributed by atoms with Gasteiger partial charge in [-0.3, -0.25) is 9.59 Å². The van der Waals surface area contributed by atoms with Crippen LogP contribution in [-0.4, -0.2) is 15.5 Å². The van der Waals surface area contributed by atoms with E-state index >= 15 is 0 Å². The van der Waals surface area contributed by atoms with E-state index in [-0.39, 0.29) is 18.7 Å². The molecule has 0 aliphatic carbocycles. The van der Waals surface area contributed by atoms with Gasteiger partial charge in [-0.2, -0.15) is 0 Å². The summed E-state index contributed by atoms with van der Waals surface area (Å²) in [7, 11) is 0. The molecular formula is C19H17ClN2O3. The van der Waals surface area contributed by atoms with Crippen LogP contribution in [0.1, 0.15) is 16.7 Å². The summed E-state index contributed by atoms with van der Waals surface area (Å²) in [4.78, 5) is 28.0. The Kier molecular flexibility index (Phi) is 4.86. The number of nitrogens with zero attached hydrogens (tertiary/aromatic N) is 2. The standard InChI is InChI=1S/C19H17ClN2O3/c1-12-6-7-14-9-15(19(20)21-18(14)13(12)2)11-25-17(24)10-22-8-4-3-5-16(22)23/h3-9H,10-11H2,1-2H3. The molecule has 0 saturated heterocycles. The molecule has 0 N–H and O–H groups in total. The first-order valence-electron chi connectivity index (χ1n) is 7.82. The second-order valence-corrected chi connectivity index (χ2v) is 6.20. The van der Waals surface area contributed by atoms with Crippen molar-refractivity contribution in [2.75, 3.05) is 0 Å². The van der Waals surface area contributed by atoms with Crippen molar-refractivity contribution in [1.29, 1.82) is 0 Å². The molecule has 0 saturated carbocycles. The molecule has 0 unspecified atom stereocenters. The molecule has 0 atom stereocenters. The lowest BCUT2D eigenvalue weighted by Crippen LogP contribution is -2.23. The van der Waals surface area contributed by atoms with E-state index in [1.165, 1.54) is 10.6 Å². The van der Waals surface area contributed by atoms with Crippen LogP contribution in [0.25, 0.3) is 10.9 Å². The van der Waals surface area contributed by atoms with Crippen LogP contribution in [0.4, 0.5) is 0 Å². The van der Waals surface area contributed by atoms with Crippen LogP contribution in [0.3, 0.4) is 0 Å². The van der Waals surface area contributed by atoms with Crippen LogP contribution in [-0.2, 0) is 22.7 Å². The maximum absolute atomic E-state index is 12.0. The number of aryl methyl sites for hydroxylation is 2. The van der Waals surface area contributed by atoms with Crippen LogP contribution in [0.2, 0.25) is 5.15 Å². The number of hydrogen-bond acceptors (Lipinski definition) is 4. The fourth-order valence-corrected chi connectivity index (χ4v) is 2.73. The molecule has 128 valence electrons. The van der Waals surface area contributed by atoms with E-state index in [4.69, 9.17) is 16.3 Å². The lowest BCUT2D eigenvalue weighted by atomic mass is 10.0. The number of hydrogen-bond donors (Lipinski definition) is 0. The van der Waals surface area contributed by atoms with E-state index < -0.39 is 5.97 Å². The number of esters is 1. The Hall–Kier alpha value is -2.66. The summed E-state index contributed by atoms with van der Waals surface area (Å²) in [6.45, 7) is 3.88. The van der Waals surface area contributed by atoms with Crippen molar-refractivity contribution in [3.05, 3.63) is 74.8 Å². The quantitative estimate of drug-likeness (QED) is 0.531. The van der Waals surface area contributed by atoms with Crippen molar-refractivity contribution >= 4 is 28.5 Å². The molecule has 0 bridgehead atoms. The Morgan fingerprint density at radius 1 is 1.24 bits per heavy atom. The van der Waals surface area contributed by atoms with Crippen LogP contribution in [0, 0.1) is 13.8 Å². The summed E-state index contributed by atoms with van der Waals surface area (Å²) in [6, 6.07) is 10.6. The van der Waals surface area contributed by atoms with Crippen LogP contribution >= 0.6 is 11.6 Å². The summed E-state index contributed by atoms with van der Waals surface area (Å²) in [5, 5.41) is 1.25. The maximum Gasteiger partial charge on any atom is 0.326 e. The molecule has 5 nitrogen and oxygen atoms in total. The molecule has 0 fully saturated rings. The van der Waals surface area contributed by atoms with Crippen molar-refractivity contribution in [2.24, 2.45) is 0 Å². The van der Waals surface area contributed by atoms with Gasteiger partial charge in [-0.25, -0.2) is 4.98 Å². The summed E-state index contributed by atoms with van der Waals surface area (Å²) >= 11 is 6.24. The molecule has 2 heterocycles. The minimum Gasteiger partial charge on any atom is -0.459 e. The second kappa shape index (κ2) is 7.07. The zero-order valence-corrected chi connectivity index (χ0v) is 14.7. The number of rotatable bonds is 4. The van der Waals surface area contributed by atoms with Gasteiger partial charge in [0.1, 0.15) is 18.3 Å². The summed E-state index contributed by atoms with van der Waals surface area (Å²) in [5.74, 6) is -0.510. The highest BCUT2D eigenvalue weighted by Crippen LogP contribution is 2.25. The summed E-state index contributed by atoms with van der Waals surface area (Å²) in [5.41, 5.74) is 3.44. The molecule has 6 heteroatoms. The van der Waals surface area contributed by atoms with Crippen LogP contribution in [0.15, 0.2) is 47.4 Å². The molecule has 0 spiro atoms. The third-order valence-corrected chi connectivity index (χ3v) is 4.45. The first-order chi connectivity index (χ1) is 12.0. The van der Waals surface area contributed by atoms with E-state index in [1.54, 1.807) is 18.3 Å². The van der Waals surface area contributed by atoms with Crippen molar-refractivity contribution in [1.82, 2.24) is 9.55 Å². The fourth-order valence-electron chi connectivity index (χ4n) is 2.54. The van der Waals surface area contributed by atoms with E-state index in [2.05, 4.69) is 4.98 Å². The average Bonchev–Trinajstić information content (AvgIpc) is 2.59.